The molecule has 3 heterocycles. The summed E-state index contributed by atoms with van der Waals surface area (Å²) in [5, 5.41) is 5.02. The molecule has 3 aliphatic rings. The fraction of sp³-hybridized carbons (Fsp3) is 0.545. The standard InChI is InChI=1S/C22H28N3O3PS/c1-13-20(30-22(23-13)24-17-11-28-12-17)15-8-16-10-25(7-6-14-4-5-14)21(26)19(16)18(9-15)29(2,3)27/h8-9,14,17H,4-7,10-12H2,1-3H3,(H,23,24). The van der Waals surface area contributed by atoms with E-state index in [0.29, 0.717) is 36.7 Å². The van der Waals surface area contributed by atoms with Gasteiger partial charge >= 0.3 is 0 Å². The molecule has 0 spiro atoms. The molecule has 1 saturated heterocycles. The van der Waals surface area contributed by atoms with Crippen LogP contribution < -0.4 is 10.6 Å². The van der Waals surface area contributed by atoms with Crippen molar-refractivity contribution in [2.75, 3.05) is 38.4 Å². The summed E-state index contributed by atoms with van der Waals surface area (Å²) in [6.45, 7) is 8.36. The Morgan fingerprint density at radius 1 is 1.30 bits per heavy atom. The Labute approximate surface area is 181 Å². The molecule has 2 aromatic rings. The van der Waals surface area contributed by atoms with Crippen LogP contribution in [0.3, 0.4) is 0 Å². The van der Waals surface area contributed by atoms with Crippen molar-refractivity contribution in [3.63, 3.8) is 0 Å². The van der Waals surface area contributed by atoms with Crippen molar-refractivity contribution in [3.8, 4) is 10.4 Å². The number of carbonyl (C=O) groups excluding carboxylic acids is 1. The zero-order valence-corrected chi connectivity index (χ0v) is 19.4. The van der Waals surface area contributed by atoms with E-state index in [2.05, 4.69) is 16.4 Å². The molecule has 0 unspecified atom stereocenters. The number of rotatable bonds is 7. The lowest BCUT2D eigenvalue weighted by Crippen LogP contribution is -2.40. The van der Waals surface area contributed by atoms with Crippen LogP contribution in [-0.2, 0) is 15.8 Å². The molecule has 1 aromatic heterocycles. The zero-order chi connectivity index (χ0) is 21.0. The number of aryl methyl sites for hydroxylation is 1. The monoisotopic (exact) mass is 445 g/mol. The van der Waals surface area contributed by atoms with Crippen molar-refractivity contribution in [3.05, 3.63) is 29.0 Å². The quantitative estimate of drug-likeness (QED) is 0.654. The third-order valence-corrected chi connectivity index (χ3v) is 8.82. The maximum absolute atomic E-state index is 13.2. The summed E-state index contributed by atoms with van der Waals surface area (Å²) in [7, 11) is -2.62. The van der Waals surface area contributed by atoms with Gasteiger partial charge in [-0.3, -0.25) is 4.79 Å². The summed E-state index contributed by atoms with van der Waals surface area (Å²) in [5.74, 6) is 0.830. The number of nitrogens with one attached hydrogen (secondary N) is 1. The van der Waals surface area contributed by atoms with Crippen molar-refractivity contribution < 1.29 is 14.1 Å². The Morgan fingerprint density at radius 2 is 2.07 bits per heavy atom. The molecule has 2 fully saturated rings. The van der Waals surface area contributed by atoms with E-state index in [-0.39, 0.29) is 5.91 Å². The minimum Gasteiger partial charge on any atom is -0.377 e. The van der Waals surface area contributed by atoms with Crippen LogP contribution in [0.1, 0.15) is 40.9 Å². The van der Waals surface area contributed by atoms with Crippen molar-refractivity contribution >= 4 is 34.8 Å². The van der Waals surface area contributed by atoms with Crippen molar-refractivity contribution in [1.29, 1.82) is 0 Å². The normalized spacial score (nSPS) is 19.2. The number of amides is 1. The van der Waals surface area contributed by atoms with Crippen LogP contribution in [0.5, 0.6) is 0 Å². The van der Waals surface area contributed by atoms with Gasteiger partial charge in [0.15, 0.2) is 5.13 Å². The van der Waals surface area contributed by atoms with E-state index >= 15 is 0 Å². The van der Waals surface area contributed by atoms with Crippen molar-refractivity contribution in [1.82, 2.24) is 9.88 Å². The number of anilines is 1. The Kier molecular flexibility index (Phi) is 5.04. The van der Waals surface area contributed by atoms with Gasteiger partial charge in [-0.05, 0) is 55.9 Å². The number of fused-ring (bicyclic) bond motifs is 1. The molecule has 1 amide bonds. The first-order valence-corrected chi connectivity index (χ1v) is 14.0. The Bertz CT molecular complexity index is 1050. The van der Waals surface area contributed by atoms with E-state index in [1.807, 2.05) is 17.9 Å². The highest BCUT2D eigenvalue weighted by molar-refractivity contribution is 7.70. The van der Waals surface area contributed by atoms with Crippen molar-refractivity contribution in [2.45, 2.75) is 38.8 Å². The smallest absolute Gasteiger partial charge is 0.255 e. The highest BCUT2D eigenvalue weighted by atomic mass is 32.1. The fourth-order valence-electron chi connectivity index (χ4n) is 4.19. The van der Waals surface area contributed by atoms with E-state index in [4.69, 9.17) is 4.74 Å². The van der Waals surface area contributed by atoms with Gasteiger partial charge in [0.1, 0.15) is 7.14 Å². The summed E-state index contributed by atoms with van der Waals surface area (Å²) in [6.07, 6.45) is 3.65. The first kappa shape index (κ1) is 20.2. The second kappa shape index (κ2) is 7.47. The second-order valence-electron chi connectivity index (χ2n) is 9.15. The Balaban J connectivity index is 1.50. The minimum absolute atomic E-state index is 0.0458. The van der Waals surface area contributed by atoms with Gasteiger partial charge in [-0.2, -0.15) is 0 Å². The minimum atomic E-state index is -2.62. The van der Waals surface area contributed by atoms with Crippen LogP contribution in [-0.4, -0.2) is 54.9 Å². The lowest BCUT2D eigenvalue weighted by atomic mass is 10.0. The van der Waals surface area contributed by atoms with E-state index in [1.54, 1.807) is 24.7 Å². The summed E-state index contributed by atoms with van der Waals surface area (Å²) in [4.78, 5) is 20.8. The van der Waals surface area contributed by atoms with Crippen molar-refractivity contribution in [2.24, 2.45) is 5.92 Å². The lowest BCUT2D eigenvalue weighted by molar-refractivity contribution is 0.0211. The molecular formula is C22H28N3O3PS. The molecule has 160 valence electrons. The Hall–Kier alpha value is -1.69. The molecule has 5 rings (SSSR count). The van der Waals surface area contributed by atoms with E-state index in [9.17, 15) is 9.36 Å². The van der Waals surface area contributed by atoms with Crippen LogP contribution in [0.15, 0.2) is 12.1 Å². The molecule has 1 N–H and O–H groups in total. The van der Waals surface area contributed by atoms with Gasteiger partial charge in [0, 0.05) is 18.4 Å². The van der Waals surface area contributed by atoms with Gasteiger partial charge in [0.05, 0.1) is 35.4 Å². The maximum atomic E-state index is 13.2. The number of thiazole rings is 1. The van der Waals surface area contributed by atoms with Crippen LogP contribution in [0.4, 0.5) is 5.13 Å². The second-order valence-corrected chi connectivity index (χ2v) is 13.3. The highest BCUT2D eigenvalue weighted by Crippen LogP contribution is 2.43. The van der Waals surface area contributed by atoms with Gasteiger partial charge in [-0.25, -0.2) is 4.98 Å². The molecule has 2 aliphatic heterocycles. The molecule has 1 aliphatic carbocycles. The van der Waals surface area contributed by atoms with E-state index in [1.165, 1.54) is 12.8 Å². The van der Waals surface area contributed by atoms with Gasteiger partial charge < -0.3 is 19.5 Å². The topological polar surface area (TPSA) is 71.5 Å². The van der Waals surface area contributed by atoms with Gasteiger partial charge in [-0.1, -0.05) is 24.2 Å². The molecule has 1 saturated carbocycles. The molecule has 30 heavy (non-hydrogen) atoms. The molecule has 1 aromatic carbocycles. The molecule has 0 atom stereocenters. The summed E-state index contributed by atoms with van der Waals surface area (Å²) >= 11 is 1.61. The molecule has 0 radical (unpaired) electrons. The van der Waals surface area contributed by atoms with Gasteiger partial charge in [0.25, 0.3) is 5.91 Å². The number of benzene rings is 1. The zero-order valence-electron chi connectivity index (χ0n) is 17.7. The number of hydrogen-bond donors (Lipinski definition) is 1. The highest BCUT2D eigenvalue weighted by Gasteiger charge is 2.35. The van der Waals surface area contributed by atoms with Crippen LogP contribution in [0.25, 0.3) is 10.4 Å². The van der Waals surface area contributed by atoms with Crippen LogP contribution in [0, 0.1) is 12.8 Å². The number of aromatic nitrogens is 1. The number of ether oxygens (including phenoxy) is 1. The van der Waals surface area contributed by atoms with Gasteiger partial charge in [-0.15, -0.1) is 0 Å². The van der Waals surface area contributed by atoms with E-state index in [0.717, 1.165) is 45.7 Å². The molecule has 8 heteroatoms. The third-order valence-electron chi connectivity index (χ3n) is 6.17. The van der Waals surface area contributed by atoms with Crippen LogP contribution >= 0.6 is 18.5 Å². The molecule has 0 bridgehead atoms. The van der Waals surface area contributed by atoms with E-state index < -0.39 is 7.14 Å². The SMILES string of the molecule is Cc1nc(NC2COC2)sc1-c1cc2c(c(P(C)(C)=O)c1)C(=O)N(CCC1CC1)C2. The average molecular weight is 446 g/mol. The molecular weight excluding hydrogens is 417 g/mol. The molecule has 6 nitrogen and oxygen atoms in total. The fourth-order valence-corrected chi connectivity index (χ4v) is 6.45. The predicted octanol–water partition coefficient (Wildman–Crippen LogP) is 3.93. The summed E-state index contributed by atoms with van der Waals surface area (Å²) in [5.41, 5.74) is 3.64. The first-order valence-electron chi connectivity index (χ1n) is 10.6. The largest absolute Gasteiger partial charge is 0.377 e. The average Bonchev–Trinajstić information content (AvgIpc) is 3.33. The maximum Gasteiger partial charge on any atom is 0.255 e. The first-order chi connectivity index (χ1) is 14.3. The number of hydrogen-bond acceptors (Lipinski definition) is 6. The number of carbonyl (C=O) groups is 1. The number of nitrogens with zero attached hydrogens (tertiary/aromatic N) is 2. The summed E-state index contributed by atoms with van der Waals surface area (Å²) in [6, 6.07) is 4.40. The van der Waals surface area contributed by atoms with Gasteiger partial charge in [0.2, 0.25) is 0 Å². The van der Waals surface area contributed by atoms with Crippen LogP contribution in [0.2, 0.25) is 0 Å². The summed E-state index contributed by atoms with van der Waals surface area (Å²) < 4.78 is 18.4. The lowest BCUT2D eigenvalue weighted by Gasteiger charge is -2.26. The Morgan fingerprint density at radius 3 is 2.70 bits per heavy atom. The third kappa shape index (κ3) is 3.83. The predicted molar refractivity (Wildman–Crippen MR) is 122 cm³/mol.